The van der Waals surface area contributed by atoms with Crippen LogP contribution in [0.15, 0.2) is 18.3 Å². The minimum absolute atomic E-state index is 0.0571. The lowest BCUT2D eigenvalue weighted by atomic mass is 10.3. The maximum atomic E-state index is 11.9. The van der Waals surface area contributed by atoms with Crippen LogP contribution in [0.4, 0.5) is 0 Å². The van der Waals surface area contributed by atoms with E-state index in [1.165, 1.54) is 0 Å². The minimum atomic E-state index is 0.0571. The Hall–Kier alpha value is -1.99. The van der Waals surface area contributed by atoms with Gasteiger partial charge in [-0.25, -0.2) is 9.97 Å². The fraction of sp³-hybridized carbons (Fsp3) is 0.533. The SMILES string of the molecule is O=C(CCc1nc2ncccc2[nH]1)NCCN1CCOCC1. The summed E-state index contributed by atoms with van der Waals surface area (Å²) in [6, 6.07) is 3.80. The Morgan fingerprint density at radius 2 is 2.27 bits per heavy atom. The highest BCUT2D eigenvalue weighted by atomic mass is 16.5. The largest absolute Gasteiger partial charge is 0.379 e. The van der Waals surface area contributed by atoms with Gasteiger partial charge in [-0.15, -0.1) is 0 Å². The molecule has 0 unspecified atom stereocenters. The fourth-order valence-electron chi connectivity index (χ4n) is 2.51. The van der Waals surface area contributed by atoms with E-state index < -0.39 is 0 Å². The van der Waals surface area contributed by atoms with E-state index in [9.17, 15) is 4.79 Å². The number of carbonyl (C=O) groups excluding carboxylic acids is 1. The lowest BCUT2D eigenvalue weighted by molar-refractivity contribution is -0.121. The summed E-state index contributed by atoms with van der Waals surface area (Å²) in [5.74, 6) is 0.860. The molecule has 7 heteroatoms. The molecule has 1 saturated heterocycles. The first kappa shape index (κ1) is 14.9. The molecule has 1 fully saturated rings. The Balaban J connectivity index is 1.38. The van der Waals surface area contributed by atoms with Crippen molar-refractivity contribution in [3.63, 3.8) is 0 Å². The number of aryl methyl sites for hydroxylation is 1. The first-order valence-corrected chi connectivity index (χ1v) is 7.68. The van der Waals surface area contributed by atoms with Crippen molar-refractivity contribution in [1.29, 1.82) is 0 Å². The van der Waals surface area contributed by atoms with Gasteiger partial charge in [0, 0.05) is 45.2 Å². The Bertz CT molecular complexity index is 588. The number of hydrogen-bond donors (Lipinski definition) is 2. The summed E-state index contributed by atoms with van der Waals surface area (Å²) < 4.78 is 5.30. The second kappa shape index (κ2) is 7.33. The number of aromatic nitrogens is 3. The number of carbonyl (C=O) groups is 1. The van der Waals surface area contributed by atoms with Gasteiger partial charge in [-0.05, 0) is 12.1 Å². The number of aromatic amines is 1. The maximum absolute atomic E-state index is 11.9. The van der Waals surface area contributed by atoms with Crippen LogP contribution >= 0.6 is 0 Å². The number of pyridine rings is 1. The molecule has 0 spiro atoms. The van der Waals surface area contributed by atoms with E-state index in [1.807, 2.05) is 12.1 Å². The van der Waals surface area contributed by atoms with Crippen LogP contribution in [-0.4, -0.2) is 65.2 Å². The Morgan fingerprint density at radius 1 is 1.41 bits per heavy atom. The summed E-state index contributed by atoms with van der Waals surface area (Å²) in [6.45, 7) is 5.02. The van der Waals surface area contributed by atoms with Gasteiger partial charge in [-0.3, -0.25) is 9.69 Å². The third-order valence-corrected chi connectivity index (χ3v) is 3.75. The lowest BCUT2D eigenvalue weighted by Gasteiger charge is -2.26. The molecule has 22 heavy (non-hydrogen) atoms. The molecular formula is C15H21N5O2. The molecular weight excluding hydrogens is 282 g/mol. The summed E-state index contributed by atoms with van der Waals surface area (Å²) >= 11 is 0. The summed E-state index contributed by atoms with van der Waals surface area (Å²) in [4.78, 5) is 25.9. The van der Waals surface area contributed by atoms with E-state index >= 15 is 0 Å². The Kier molecular flexibility index (Phi) is 4.97. The zero-order valence-electron chi connectivity index (χ0n) is 12.5. The van der Waals surface area contributed by atoms with Gasteiger partial charge in [0.1, 0.15) is 5.82 Å². The molecule has 0 saturated carbocycles. The van der Waals surface area contributed by atoms with Gasteiger partial charge in [-0.1, -0.05) is 0 Å². The smallest absolute Gasteiger partial charge is 0.220 e. The van der Waals surface area contributed by atoms with E-state index in [0.29, 0.717) is 25.0 Å². The van der Waals surface area contributed by atoms with Crippen molar-refractivity contribution in [1.82, 2.24) is 25.2 Å². The molecule has 3 heterocycles. The van der Waals surface area contributed by atoms with Crippen LogP contribution in [0.3, 0.4) is 0 Å². The van der Waals surface area contributed by atoms with Crippen molar-refractivity contribution in [2.45, 2.75) is 12.8 Å². The average molecular weight is 303 g/mol. The van der Waals surface area contributed by atoms with Gasteiger partial charge in [0.2, 0.25) is 5.91 Å². The van der Waals surface area contributed by atoms with Crippen LogP contribution in [0.2, 0.25) is 0 Å². The first-order chi connectivity index (χ1) is 10.8. The molecule has 2 aromatic rings. The topological polar surface area (TPSA) is 83.1 Å². The number of nitrogens with one attached hydrogen (secondary N) is 2. The van der Waals surface area contributed by atoms with Crippen molar-refractivity contribution >= 4 is 17.1 Å². The lowest BCUT2D eigenvalue weighted by Crippen LogP contribution is -2.41. The molecule has 1 amide bonds. The molecule has 2 N–H and O–H groups in total. The molecule has 118 valence electrons. The zero-order valence-corrected chi connectivity index (χ0v) is 12.5. The third kappa shape index (κ3) is 4.02. The third-order valence-electron chi connectivity index (χ3n) is 3.75. The minimum Gasteiger partial charge on any atom is -0.379 e. The summed E-state index contributed by atoms with van der Waals surface area (Å²) in [7, 11) is 0. The number of H-pyrrole nitrogens is 1. The molecule has 2 aromatic heterocycles. The molecule has 1 aliphatic rings. The van der Waals surface area contributed by atoms with Crippen LogP contribution in [0, 0.1) is 0 Å². The van der Waals surface area contributed by atoms with Gasteiger partial charge >= 0.3 is 0 Å². The number of ether oxygens (including phenoxy) is 1. The summed E-state index contributed by atoms with van der Waals surface area (Å²) in [6.07, 6.45) is 2.74. The van der Waals surface area contributed by atoms with Crippen molar-refractivity contribution in [2.75, 3.05) is 39.4 Å². The number of imidazole rings is 1. The van der Waals surface area contributed by atoms with Gasteiger partial charge in [0.15, 0.2) is 5.65 Å². The second-order valence-corrected chi connectivity index (χ2v) is 5.36. The van der Waals surface area contributed by atoms with Gasteiger partial charge in [-0.2, -0.15) is 0 Å². The number of hydrogen-bond acceptors (Lipinski definition) is 5. The maximum Gasteiger partial charge on any atom is 0.220 e. The summed E-state index contributed by atoms with van der Waals surface area (Å²) in [5.41, 5.74) is 1.61. The van der Waals surface area contributed by atoms with Crippen molar-refractivity contribution in [2.24, 2.45) is 0 Å². The van der Waals surface area contributed by atoms with Gasteiger partial charge < -0.3 is 15.0 Å². The standard InChI is InChI=1S/C15H21N5O2/c21-14(16-6-7-20-8-10-22-11-9-20)4-3-13-18-12-2-1-5-17-15(12)19-13/h1-2,5H,3-4,6-11H2,(H,16,21)(H,17,18,19). The van der Waals surface area contributed by atoms with Crippen molar-refractivity contribution < 1.29 is 9.53 Å². The van der Waals surface area contributed by atoms with Crippen molar-refractivity contribution in [3.8, 4) is 0 Å². The highest BCUT2D eigenvalue weighted by Crippen LogP contribution is 2.08. The van der Waals surface area contributed by atoms with E-state index in [-0.39, 0.29) is 5.91 Å². The molecule has 3 rings (SSSR count). The van der Waals surface area contributed by atoms with Gasteiger partial charge in [0.25, 0.3) is 0 Å². The first-order valence-electron chi connectivity index (χ1n) is 7.68. The molecule has 0 bridgehead atoms. The summed E-state index contributed by atoms with van der Waals surface area (Å²) in [5, 5.41) is 2.96. The van der Waals surface area contributed by atoms with Crippen LogP contribution < -0.4 is 5.32 Å². The molecule has 7 nitrogen and oxygen atoms in total. The van der Waals surface area contributed by atoms with E-state index in [1.54, 1.807) is 6.20 Å². The van der Waals surface area contributed by atoms with Crippen LogP contribution in [0.5, 0.6) is 0 Å². The molecule has 0 aromatic carbocycles. The highest BCUT2D eigenvalue weighted by molar-refractivity contribution is 5.76. The quantitative estimate of drug-likeness (QED) is 0.804. The number of rotatable bonds is 6. The number of morpholine rings is 1. The molecule has 0 aliphatic carbocycles. The van der Waals surface area contributed by atoms with Crippen LogP contribution in [0.1, 0.15) is 12.2 Å². The Morgan fingerprint density at radius 3 is 3.09 bits per heavy atom. The van der Waals surface area contributed by atoms with E-state index in [0.717, 1.165) is 44.2 Å². The zero-order chi connectivity index (χ0) is 15.2. The predicted octanol–water partition coefficient (Wildman–Crippen LogP) is 0.339. The average Bonchev–Trinajstić information content (AvgIpc) is 2.97. The predicted molar refractivity (Wildman–Crippen MR) is 82.5 cm³/mol. The molecule has 0 atom stereocenters. The van der Waals surface area contributed by atoms with E-state index in [2.05, 4.69) is 25.2 Å². The number of fused-ring (bicyclic) bond motifs is 1. The van der Waals surface area contributed by atoms with Crippen molar-refractivity contribution in [3.05, 3.63) is 24.2 Å². The number of nitrogens with zero attached hydrogens (tertiary/aromatic N) is 3. The monoisotopic (exact) mass is 303 g/mol. The van der Waals surface area contributed by atoms with Crippen LogP contribution in [0.25, 0.3) is 11.2 Å². The Labute approximate surface area is 129 Å². The van der Waals surface area contributed by atoms with Gasteiger partial charge in [0.05, 0.1) is 18.7 Å². The molecule has 1 aliphatic heterocycles. The number of amides is 1. The second-order valence-electron chi connectivity index (χ2n) is 5.36. The van der Waals surface area contributed by atoms with Crippen LogP contribution in [-0.2, 0) is 16.0 Å². The normalized spacial score (nSPS) is 16.0. The molecule has 0 radical (unpaired) electrons. The fourth-order valence-corrected chi connectivity index (χ4v) is 2.51. The van der Waals surface area contributed by atoms with E-state index in [4.69, 9.17) is 4.74 Å². The highest BCUT2D eigenvalue weighted by Gasteiger charge is 2.10.